The van der Waals surface area contributed by atoms with Gasteiger partial charge in [-0.05, 0) is 60.6 Å². The van der Waals surface area contributed by atoms with Gasteiger partial charge in [0.25, 0.3) is 0 Å². The second kappa shape index (κ2) is 6.22. The van der Waals surface area contributed by atoms with Gasteiger partial charge in [-0.2, -0.15) is 0 Å². The summed E-state index contributed by atoms with van der Waals surface area (Å²) < 4.78 is 0. The fraction of sp³-hybridized carbons (Fsp3) is 0.316. The number of primary amides is 1. The Labute approximate surface area is 131 Å². The van der Waals surface area contributed by atoms with Gasteiger partial charge in [-0.3, -0.25) is 4.79 Å². The van der Waals surface area contributed by atoms with Crippen LogP contribution in [-0.2, 0) is 12.8 Å². The highest BCUT2D eigenvalue weighted by atomic mass is 16.1. The van der Waals surface area contributed by atoms with E-state index in [9.17, 15) is 4.79 Å². The van der Waals surface area contributed by atoms with Crippen LogP contribution in [0.1, 0.15) is 52.9 Å². The lowest BCUT2D eigenvalue weighted by Gasteiger charge is -2.28. The maximum absolute atomic E-state index is 11.3. The van der Waals surface area contributed by atoms with Crippen molar-refractivity contribution >= 4 is 11.6 Å². The van der Waals surface area contributed by atoms with Gasteiger partial charge in [0.1, 0.15) is 0 Å². The summed E-state index contributed by atoms with van der Waals surface area (Å²) in [7, 11) is 0. The van der Waals surface area contributed by atoms with Crippen LogP contribution in [0.15, 0.2) is 42.5 Å². The third-order valence-corrected chi connectivity index (χ3v) is 4.47. The molecule has 22 heavy (non-hydrogen) atoms. The molecule has 3 nitrogen and oxygen atoms in total. The molecular formula is C19H22N2O. The summed E-state index contributed by atoms with van der Waals surface area (Å²) in [6.07, 6.45) is 4.38. The van der Waals surface area contributed by atoms with Gasteiger partial charge in [-0.15, -0.1) is 0 Å². The van der Waals surface area contributed by atoms with E-state index in [1.54, 1.807) is 6.07 Å². The molecule has 2 aromatic rings. The van der Waals surface area contributed by atoms with Gasteiger partial charge in [-0.1, -0.05) is 31.2 Å². The largest absolute Gasteiger partial charge is 0.378 e. The summed E-state index contributed by atoms with van der Waals surface area (Å²) in [6.45, 7) is 2.10. The van der Waals surface area contributed by atoms with Crippen molar-refractivity contribution in [2.45, 2.75) is 38.6 Å². The Balaban J connectivity index is 1.89. The van der Waals surface area contributed by atoms with E-state index in [1.807, 2.05) is 12.1 Å². The molecule has 0 saturated carbocycles. The summed E-state index contributed by atoms with van der Waals surface area (Å²) in [5.41, 5.74) is 11.0. The summed E-state index contributed by atoms with van der Waals surface area (Å²) in [5, 5.41) is 3.67. The number of rotatable bonds is 4. The third kappa shape index (κ3) is 2.84. The van der Waals surface area contributed by atoms with E-state index in [1.165, 1.54) is 17.5 Å². The lowest BCUT2D eigenvalue weighted by atomic mass is 9.87. The molecule has 1 atom stereocenters. The maximum atomic E-state index is 11.3. The molecule has 3 heteroatoms. The summed E-state index contributed by atoms with van der Waals surface area (Å²) in [5.74, 6) is -0.371. The topological polar surface area (TPSA) is 55.1 Å². The minimum Gasteiger partial charge on any atom is -0.378 e. The first kappa shape index (κ1) is 14.6. The number of anilines is 1. The molecule has 0 heterocycles. The molecular weight excluding hydrogens is 272 g/mol. The highest BCUT2D eigenvalue weighted by Gasteiger charge is 2.20. The van der Waals surface area contributed by atoms with Crippen LogP contribution in [-0.4, -0.2) is 5.91 Å². The zero-order chi connectivity index (χ0) is 15.5. The molecule has 3 N–H and O–H groups in total. The Kier molecular flexibility index (Phi) is 4.14. The molecule has 0 bridgehead atoms. The predicted molar refractivity (Wildman–Crippen MR) is 90.1 cm³/mol. The molecule has 1 unspecified atom stereocenters. The smallest absolute Gasteiger partial charge is 0.248 e. The summed E-state index contributed by atoms with van der Waals surface area (Å²) >= 11 is 0. The molecule has 0 spiro atoms. The van der Waals surface area contributed by atoms with Crippen molar-refractivity contribution in [3.63, 3.8) is 0 Å². The molecule has 1 amide bonds. The average molecular weight is 294 g/mol. The quantitative estimate of drug-likeness (QED) is 0.900. The number of amides is 1. The molecule has 0 fully saturated rings. The molecule has 114 valence electrons. The SMILES string of the molecule is CCc1cc(C(N)=O)ccc1NC1CCCc2ccccc21. The predicted octanol–water partition coefficient (Wildman–Crippen LogP) is 3.84. The highest BCUT2D eigenvalue weighted by Crippen LogP contribution is 2.33. The molecule has 3 rings (SSSR count). The molecule has 0 aliphatic heterocycles. The van der Waals surface area contributed by atoms with Crippen LogP contribution < -0.4 is 11.1 Å². The van der Waals surface area contributed by atoms with Crippen LogP contribution in [0, 0.1) is 0 Å². The van der Waals surface area contributed by atoms with Crippen molar-refractivity contribution in [1.82, 2.24) is 0 Å². The number of hydrogen-bond acceptors (Lipinski definition) is 2. The Morgan fingerprint density at radius 2 is 2.09 bits per heavy atom. The number of carbonyl (C=O) groups is 1. The number of carbonyl (C=O) groups excluding carboxylic acids is 1. The first-order chi connectivity index (χ1) is 10.7. The monoisotopic (exact) mass is 294 g/mol. The second-order valence-corrected chi connectivity index (χ2v) is 5.88. The van der Waals surface area contributed by atoms with E-state index in [-0.39, 0.29) is 5.91 Å². The van der Waals surface area contributed by atoms with Crippen LogP contribution in [0.2, 0.25) is 0 Å². The minimum atomic E-state index is -0.371. The van der Waals surface area contributed by atoms with Crippen molar-refractivity contribution in [2.75, 3.05) is 5.32 Å². The van der Waals surface area contributed by atoms with Gasteiger partial charge < -0.3 is 11.1 Å². The van der Waals surface area contributed by atoms with Crippen LogP contribution in [0.5, 0.6) is 0 Å². The van der Waals surface area contributed by atoms with E-state index >= 15 is 0 Å². The minimum absolute atomic E-state index is 0.342. The van der Waals surface area contributed by atoms with Gasteiger partial charge in [0, 0.05) is 11.3 Å². The molecule has 2 aromatic carbocycles. The van der Waals surface area contributed by atoms with E-state index in [2.05, 4.69) is 36.5 Å². The number of hydrogen-bond donors (Lipinski definition) is 2. The van der Waals surface area contributed by atoms with Crippen LogP contribution in [0.4, 0.5) is 5.69 Å². The first-order valence-electron chi connectivity index (χ1n) is 7.96. The van der Waals surface area contributed by atoms with Crippen molar-refractivity contribution in [3.8, 4) is 0 Å². The van der Waals surface area contributed by atoms with Gasteiger partial charge in [0.15, 0.2) is 0 Å². The van der Waals surface area contributed by atoms with Crippen LogP contribution in [0.25, 0.3) is 0 Å². The number of nitrogens with one attached hydrogen (secondary N) is 1. The number of aryl methyl sites for hydroxylation is 2. The third-order valence-electron chi connectivity index (χ3n) is 4.47. The lowest BCUT2D eigenvalue weighted by Crippen LogP contribution is -2.18. The lowest BCUT2D eigenvalue weighted by molar-refractivity contribution is 0.1000. The Morgan fingerprint density at radius 3 is 2.86 bits per heavy atom. The van der Waals surface area contributed by atoms with Crippen molar-refractivity contribution in [2.24, 2.45) is 5.73 Å². The standard InChI is InChI=1S/C19H22N2O/c1-2-13-12-15(19(20)22)10-11-17(13)21-18-9-5-7-14-6-3-4-8-16(14)18/h3-4,6,8,10-12,18,21H,2,5,7,9H2,1H3,(H2,20,22). The molecule has 1 aliphatic rings. The van der Waals surface area contributed by atoms with Gasteiger partial charge in [-0.25, -0.2) is 0 Å². The number of fused-ring (bicyclic) bond motifs is 1. The maximum Gasteiger partial charge on any atom is 0.248 e. The fourth-order valence-corrected chi connectivity index (χ4v) is 3.27. The fourth-order valence-electron chi connectivity index (χ4n) is 3.27. The van der Waals surface area contributed by atoms with Gasteiger partial charge in [0.2, 0.25) is 5.91 Å². The summed E-state index contributed by atoms with van der Waals surface area (Å²) in [4.78, 5) is 11.3. The normalized spacial score (nSPS) is 16.9. The Bertz CT molecular complexity index is 694. The van der Waals surface area contributed by atoms with Crippen molar-refractivity contribution < 1.29 is 4.79 Å². The van der Waals surface area contributed by atoms with E-state index in [0.717, 1.165) is 30.5 Å². The van der Waals surface area contributed by atoms with E-state index < -0.39 is 0 Å². The van der Waals surface area contributed by atoms with Crippen molar-refractivity contribution in [3.05, 3.63) is 64.7 Å². The number of benzene rings is 2. The van der Waals surface area contributed by atoms with Gasteiger partial charge >= 0.3 is 0 Å². The molecule has 1 aliphatic carbocycles. The number of nitrogens with two attached hydrogens (primary N) is 1. The molecule has 0 aromatic heterocycles. The van der Waals surface area contributed by atoms with Crippen molar-refractivity contribution in [1.29, 1.82) is 0 Å². The Hall–Kier alpha value is -2.29. The van der Waals surface area contributed by atoms with E-state index in [4.69, 9.17) is 5.73 Å². The van der Waals surface area contributed by atoms with Crippen LogP contribution in [0.3, 0.4) is 0 Å². The Morgan fingerprint density at radius 1 is 1.27 bits per heavy atom. The second-order valence-electron chi connectivity index (χ2n) is 5.88. The van der Waals surface area contributed by atoms with Gasteiger partial charge in [0.05, 0.1) is 6.04 Å². The average Bonchev–Trinajstić information content (AvgIpc) is 2.55. The molecule has 0 radical (unpaired) electrons. The zero-order valence-electron chi connectivity index (χ0n) is 12.9. The van der Waals surface area contributed by atoms with E-state index in [0.29, 0.717) is 11.6 Å². The van der Waals surface area contributed by atoms with Crippen LogP contribution >= 0.6 is 0 Å². The zero-order valence-corrected chi connectivity index (χ0v) is 12.9. The highest BCUT2D eigenvalue weighted by molar-refractivity contribution is 5.93. The first-order valence-corrected chi connectivity index (χ1v) is 7.96. The molecule has 0 saturated heterocycles. The summed E-state index contributed by atoms with van der Waals surface area (Å²) in [6, 6.07) is 14.7.